The summed E-state index contributed by atoms with van der Waals surface area (Å²) in [4.78, 5) is 38.6. The average molecular weight is 355 g/mol. The Kier molecular flexibility index (Phi) is 5.06. The number of amides is 2. The normalized spacial score (nSPS) is 15.8. The summed E-state index contributed by atoms with van der Waals surface area (Å²) < 4.78 is 5.28. The van der Waals surface area contributed by atoms with Gasteiger partial charge >= 0.3 is 0 Å². The fourth-order valence-electron chi connectivity index (χ4n) is 3.34. The van der Waals surface area contributed by atoms with E-state index < -0.39 is 11.5 Å². The van der Waals surface area contributed by atoms with Crippen molar-refractivity contribution in [3.63, 3.8) is 0 Å². The smallest absolute Gasteiger partial charge is 0.261 e. The third kappa shape index (κ3) is 3.61. The Hall–Kier alpha value is -3.09. The van der Waals surface area contributed by atoms with E-state index in [1.54, 1.807) is 7.11 Å². The number of aromatic amines is 1. The standard InChI is InChI=1S/C19H21N3O4/c1-26-16-8-3-2-5-11(16)9-17(23)21-14-6-4-7-15-12(14)10-13(18(20)24)19(25)22-15/h2-3,5,8,10,14H,4,6-7,9H2,1H3,(H2,20,24)(H,21,23)(H,22,25). The molecule has 1 aliphatic carbocycles. The first-order valence-corrected chi connectivity index (χ1v) is 8.46. The number of fused-ring (bicyclic) bond motifs is 1. The molecule has 0 saturated carbocycles. The van der Waals surface area contributed by atoms with Crippen LogP contribution in [0.4, 0.5) is 0 Å². The summed E-state index contributed by atoms with van der Waals surface area (Å²) >= 11 is 0. The molecule has 26 heavy (non-hydrogen) atoms. The molecule has 1 atom stereocenters. The number of rotatable bonds is 5. The number of methoxy groups -OCH3 is 1. The van der Waals surface area contributed by atoms with Gasteiger partial charge in [0.05, 0.1) is 19.6 Å². The fraction of sp³-hybridized carbons (Fsp3) is 0.316. The van der Waals surface area contributed by atoms with Crippen LogP contribution in [-0.2, 0) is 17.6 Å². The zero-order valence-corrected chi connectivity index (χ0v) is 14.5. The lowest BCUT2D eigenvalue weighted by Crippen LogP contribution is -2.34. The molecule has 3 rings (SSSR count). The summed E-state index contributed by atoms with van der Waals surface area (Å²) in [5.41, 5.74) is 6.98. The highest BCUT2D eigenvalue weighted by Crippen LogP contribution is 2.28. The molecule has 4 N–H and O–H groups in total. The van der Waals surface area contributed by atoms with Crippen molar-refractivity contribution in [1.29, 1.82) is 0 Å². The first-order chi connectivity index (χ1) is 12.5. The Bertz CT molecular complexity index is 904. The van der Waals surface area contributed by atoms with Crippen molar-refractivity contribution in [2.24, 2.45) is 5.73 Å². The molecule has 1 aromatic carbocycles. The summed E-state index contributed by atoms with van der Waals surface area (Å²) in [5, 5.41) is 2.99. The summed E-state index contributed by atoms with van der Waals surface area (Å²) in [5.74, 6) is -0.273. The SMILES string of the molecule is COc1ccccc1CC(=O)NC1CCCc2[nH]c(=O)c(C(N)=O)cc21. The topological polar surface area (TPSA) is 114 Å². The van der Waals surface area contributed by atoms with Crippen LogP contribution in [0.1, 0.15) is 46.1 Å². The van der Waals surface area contributed by atoms with Crippen molar-refractivity contribution in [2.45, 2.75) is 31.7 Å². The zero-order chi connectivity index (χ0) is 18.7. The van der Waals surface area contributed by atoms with Gasteiger partial charge in [0, 0.05) is 11.3 Å². The van der Waals surface area contributed by atoms with Gasteiger partial charge in [-0.25, -0.2) is 0 Å². The van der Waals surface area contributed by atoms with E-state index in [2.05, 4.69) is 10.3 Å². The van der Waals surface area contributed by atoms with Gasteiger partial charge in [0.25, 0.3) is 11.5 Å². The van der Waals surface area contributed by atoms with Crippen LogP contribution in [0.2, 0.25) is 0 Å². The van der Waals surface area contributed by atoms with Crippen LogP contribution in [-0.4, -0.2) is 23.9 Å². The van der Waals surface area contributed by atoms with Crippen LogP contribution in [0.15, 0.2) is 35.1 Å². The van der Waals surface area contributed by atoms with Crippen LogP contribution in [0, 0.1) is 0 Å². The van der Waals surface area contributed by atoms with Crippen molar-refractivity contribution in [2.75, 3.05) is 7.11 Å². The number of hydrogen-bond acceptors (Lipinski definition) is 4. The number of ether oxygens (including phenoxy) is 1. The quantitative estimate of drug-likeness (QED) is 0.748. The molecule has 0 radical (unpaired) electrons. The Morgan fingerprint density at radius 1 is 1.35 bits per heavy atom. The van der Waals surface area contributed by atoms with Gasteiger partial charge in [-0.15, -0.1) is 0 Å². The maximum atomic E-state index is 12.5. The molecule has 0 bridgehead atoms. The van der Waals surface area contributed by atoms with Gasteiger partial charge in [-0.3, -0.25) is 14.4 Å². The molecule has 0 aliphatic heterocycles. The minimum Gasteiger partial charge on any atom is -0.496 e. The van der Waals surface area contributed by atoms with Gasteiger partial charge in [-0.1, -0.05) is 18.2 Å². The number of aryl methyl sites for hydroxylation is 1. The van der Waals surface area contributed by atoms with E-state index in [1.807, 2.05) is 24.3 Å². The lowest BCUT2D eigenvalue weighted by atomic mass is 9.90. The predicted molar refractivity (Wildman–Crippen MR) is 96.1 cm³/mol. The number of pyridine rings is 1. The van der Waals surface area contributed by atoms with Crippen molar-refractivity contribution in [3.05, 3.63) is 63.1 Å². The van der Waals surface area contributed by atoms with Gasteiger partial charge < -0.3 is 20.8 Å². The van der Waals surface area contributed by atoms with E-state index in [9.17, 15) is 14.4 Å². The molecule has 2 aromatic rings. The molecule has 7 heteroatoms. The van der Waals surface area contributed by atoms with Crippen LogP contribution in [0.3, 0.4) is 0 Å². The third-order valence-corrected chi connectivity index (χ3v) is 4.60. The number of carbonyl (C=O) groups is 2. The first-order valence-electron chi connectivity index (χ1n) is 8.46. The van der Waals surface area contributed by atoms with Gasteiger partial charge in [-0.2, -0.15) is 0 Å². The molecule has 0 spiro atoms. The molecule has 0 fully saturated rings. The monoisotopic (exact) mass is 355 g/mol. The molecular weight excluding hydrogens is 334 g/mol. The second kappa shape index (κ2) is 7.43. The molecule has 1 unspecified atom stereocenters. The Morgan fingerprint density at radius 3 is 2.85 bits per heavy atom. The molecule has 1 aromatic heterocycles. The van der Waals surface area contributed by atoms with E-state index in [4.69, 9.17) is 10.5 Å². The molecular formula is C19H21N3O4. The van der Waals surface area contributed by atoms with E-state index >= 15 is 0 Å². The molecule has 2 amide bonds. The van der Waals surface area contributed by atoms with Crippen LogP contribution >= 0.6 is 0 Å². The van der Waals surface area contributed by atoms with E-state index in [-0.39, 0.29) is 23.9 Å². The lowest BCUT2D eigenvalue weighted by molar-refractivity contribution is -0.121. The minimum atomic E-state index is -0.779. The van der Waals surface area contributed by atoms with Crippen molar-refractivity contribution < 1.29 is 14.3 Å². The van der Waals surface area contributed by atoms with Gasteiger partial charge in [0.15, 0.2) is 0 Å². The number of hydrogen-bond donors (Lipinski definition) is 3. The largest absolute Gasteiger partial charge is 0.496 e. The Labute approximate surface area is 150 Å². The summed E-state index contributed by atoms with van der Waals surface area (Å²) in [6.45, 7) is 0. The molecule has 1 heterocycles. The Morgan fingerprint density at radius 2 is 2.12 bits per heavy atom. The summed E-state index contributed by atoms with van der Waals surface area (Å²) in [6.07, 6.45) is 2.44. The maximum absolute atomic E-state index is 12.5. The molecule has 7 nitrogen and oxygen atoms in total. The third-order valence-electron chi connectivity index (χ3n) is 4.60. The van der Waals surface area contributed by atoms with Crippen LogP contribution < -0.4 is 21.3 Å². The number of benzene rings is 1. The highest BCUT2D eigenvalue weighted by Gasteiger charge is 2.25. The van der Waals surface area contributed by atoms with Crippen molar-refractivity contribution in [1.82, 2.24) is 10.3 Å². The highest BCUT2D eigenvalue weighted by molar-refractivity contribution is 5.92. The number of primary amides is 1. The molecule has 0 saturated heterocycles. The lowest BCUT2D eigenvalue weighted by Gasteiger charge is -2.26. The number of nitrogens with two attached hydrogens (primary N) is 1. The van der Waals surface area contributed by atoms with Gasteiger partial charge in [0.1, 0.15) is 11.3 Å². The number of H-pyrrole nitrogens is 1. The van der Waals surface area contributed by atoms with Gasteiger partial charge in [0.2, 0.25) is 5.91 Å². The average Bonchev–Trinajstić information content (AvgIpc) is 2.61. The van der Waals surface area contributed by atoms with E-state index in [0.29, 0.717) is 12.2 Å². The van der Waals surface area contributed by atoms with Crippen molar-refractivity contribution >= 4 is 11.8 Å². The zero-order valence-electron chi connectivity index (χ0n) is 14.5. The highest BCUT2D eigenvalue weighted by atomic mass is 16.5. The first kappa shape index (κ1) is 17.7. The second-order valence-corrected chi connectivity index (χ2v) is 6.31. The van der Waals surface area contributed by atoms with Crippen LogP contribution in [0.25, 0.3) is 0 Å². The predicted octanol–water partition coefficient (Wildman–Crippen LogP) is 1.22. The summed E-state index contributed by atoms with van der Waals surface area (Å²) in [7, 11) is 1.57. The van der Waals surface area contributed by atoms with E-state index in [1.165, 1.54) is 6.07 Å². The molecule has 1 aliphatic rings. The Balaban J connectivity index is 1.81. The number of aromatic nitrogens is 1. The number of para-hydroxylation sites is 1. The molecule has 136 valence electrons. The van der Waals surface area contributed by atoms with E-state index in [0.717, 1.165) is 29.7 Å². The maximum Gasteiger partial charge on any atom is 0.261 e. The van der Waals surface area contributed by atoms with Gasteiger partial charge in [-0.05, 0) is 37.0 Å². The number of carbonyl (C=O) groups excluding carboxylic acids is 2. The fourth-order valence-corrected chi connectivity index (χ4v) is 3.34. The van der Waals surface area contributed by atoms with Crippen LogP contribution in [0.5, 0.6) is 5.75 Å². The second-order valence-electron chi connectivity index (χ2n) is 6.31. The minimum absolute atomic E-state index is 0.0883. The van der Waals surface area contributed by atoms with Crippen molar-refractivity contribution in [3.8, 4) is 5.75 Å². The summed E-state index contributed by atoms with van der Waals surface area (Å²) in [6, 6.07) is 8.59. The number of nitrogens with one attached hydrogen (secondary N) is 2.